The number of carbonyl (C=O) groups excluding carboxylic acids is 1. The van der Waals surface area contributed by atoms with Crippen molar-refractivity contribution in [1.82, 2.24) is 5.32 Å². The van der Waals surface area contributed by atoms with Gasteiger partial charge in [-0.3, -0.25) is 4.79 Å². The molecule has 5 nitrogen and oxygen atoms in total. The number of amides is 1. The molecule has 1 amide bonds. The van der Waals surface area contributed by atoms with Gasteiger partial charge in [0.15, 0.2) is 0 Å². The van der Waals surface area contributed by atoms with Crippen LogP contribution in [0.5, 0.6) is 0 Å². The average Bonchev–Trinajstić information content (AvgIpc) is 2.45. The second-order valence-corrected chi connectivity index (χ2v) is 4.45. The van der Waals surface area contributed by atoms with Gasteiger partial charge in [-0.1, -0.05) is 12.1 Å². The topological polar surface area (TPSA) is 65.4 Å². The number of nitrogens with one attached hydrogen (secondary N) is 1. The largest absolute Gasteiger partial charge is 0.369 e. The van der Waals surface area contributed by atoms with Crippen LogP contribution in [-0.4, -0.2) is 38.8 Å². The van der Waals surface area contributed by atoms with Gasteiger partial charge < -0.3 is 15.0 Å². The Kier molecular flexibility index (Phi) is 4.50. The van der Waals surface area contributed by atoms with Crippen molar-refractivity contribution in [2.24, 2.45) is 0 Å². The van der Waals surface area contributed by atoms with E-state index in [1.165, 1.54) is 0 Å². The Morgan fingerprint density at radius 3 is 3.05 bits per heavy atom. The van der Waals surface area contributed by atoms with E-state index >= 15 is 0 Å². The molecule has 0 radical (unpaired) electrons. The molecule has 1 N–H and O–H groups in total. The molecule has 1 heterocycles. The first-order valence-corrected chi connectivity index (χ1v) is 6.31. The number of nitrogens with zero attached hydrogens (tertiary/aromatic N) is 2. The molecule has 0 bridgehead atoms. The quantitative estimate of drug-likeness (QED) is 0.872. The van der Waals surface area contributed by atoms with Gasteiger partial charge in [0.05, 0.1) is 23.9 Å². The van der Waals surface area contributed by atoms with E-state index in [1.54, 1.807) is 17.0 Å². The monoisotopic (exact) mass is 259 g/mol. The van der Waals surface area contributed by atoms with E-state index in [-0.39, 0.29) is 18.6 Å². The Balaban J connectivity index is 2.31. The number of anilines is 1. The molecule has 19 heavy (non-hydrogen) atoms. The van der Waals surface area contributed by atoms with Crippen LogP contribution in [0.25, 0.3) is 0 Å². The lowest BCUT2D eigenvalue weighted by atomic mass is 10.1. The van der Waals surface area contributed by atoms with Crippen LogP contribution in [-0.2, 0) is 9.53 Å². The molecular weight excluding hydrogens is 242 g/mol. The summed E-state index contributed by atoms with van der Waals surface area (Å²) in [7, 11) is 1.87. The molecule has 1 aromatic carbocycles. The van der Waals surface area contributed by atoms with Gasteiger partial charge in [0.25, 0.3) is 5.91 Å². The van der Waals surface area contributed by atoms with Crippen molar-refractivity contribution in [2.45, 2.75) is 12.5 Å². The number of hydrogen-bond acceptors (Lipinski definition) is 4. The summed E-state index contributed by atoms with van der Waals surface area (Å²) in [6.07, 6.45) is 0.794. The van der Waals surface area contributed by atoms with Crippen molar-refractivity contribution in [3.63, 3.8) is 0 Å². The van der Waals surface area contributed by atoms with E-state index in [0.29, 0.717) is 17.9 Å². The Morgan fingerprint density at radius 2 is 2.32 bits per heavy atom. The van der Waals surface area contributed by atoms with Gasteiger partial charge in [0.2, 0.25) is 0 Å². The average molecular weight is 259 g/mol. The lowest BCUT2D eigenvalue weighted by Gasteiger charge is -2.36. The minimum Gasteiger partial charge on any atom is -0.369 e. The van der Waals surface area contributed by atoms with Crippen molar-refractivity contribution in [2.75, 3.05) is 31.7 Å². The lowest BCUT2D eigenvalue weighted by molar-refractivity contribution is -0.127. The maximum absolute atomic E-state index is 12.1. The Morgan fingerprint density at radius 1 is 1.53 bits per heavy atom. The number of morpholine rings is 1. The highest BCUT2D eigenvalue weighted by molar-refractivity contribution is 5.96. The number of para-hydroxylation sites is 1. The van der Waals surface area contributed by atoms with E-state index < -0.39 is 0 Å². The molecule has 2 rings (SSSR count). The van der Waals surface area contributed by atoms with Crippen LogP contribution in [0.15, 0.2) is 24.3 Å². The highest BCUT2D eigenvalue weighted by Gasteiger charge is 2.30. The second kappa shape index (κ2) is 6.32. The first-order valence-electron chi connectivity index (χ1n) is 6.31. The van der Waals surface area contributed by atoms with Crippen LogP contribution in [0.4, 0.5) is 5.69 Å². The zero-order chi connectivity index (χ0) is 13.7. The van der Waals surface area contributed by atoms with Gasteiger partial charge in [-0.25, -0.2) is 0 Å². The summed E-state index contributed by atoms with van der Waals surface area (Å²) in [5.74, 6) is -0.0879. The van der Waals surface area contributed by atoms with Gasteiger partial charge in [-0.15, -0.1) is 0 Å². The highest BCUT2D eigenvalue weighted by atomic mass is 16.5. The first kappa shape index (κ1) is 13.5. The third-order valence-corrected chi connectivity index (χ3v) is 3.18. The number of carbonyl (C=O) groups is 1. The van der Waals surface area contributed by atoms with Crippen LogP contribution in [0.1, 0.15) is 12.0 Å². The normalized spacial score (nSPS) is 19.3. The minimum atomic E-state index is -0.0879. The van der Waals surface area contributed by atoms with E-state index in [4.69, 9.17) is 10.00 Å². The van der Waals surface area contributed by atoms with Crippen LogP contribution in [0.3, 0.4) is 0 Å². The van der Waals surface area contributed by atoms with Crippen LogP contribution in [0.2, 0.25) is 0 Å². The molecule has 1 saturated heterocycles. The summed E-state index contributed by atoms with van der Waals surface area (Å²) in [6, 6.07) is 9.30. The number of benzene rings is 1. The van der Waals surface area contributed by atoms with Gasteiger partial charge in [-0.2, -0.15) is 5.26 Å². The van der Waals surface area contributed by atoms with Crippen LogP contribution >= 0.6 is 0 Å². The number of nitriles is 1. The molecule has 1 unspecified atom stereocenters. The molecule has 0 saturated carbocycles. The van der Waals surface area contributed by atoms with E-state index in [1.807, 2.05) is 19.2 Å². The minimum absolute atomic E-state index is 0.0248. The van der Waals surface area contributed by atoms with Crippen LogP contribution < -0.4 is 10.2 Å². The number of ether oxygens (including phenoxy) is 1. The molecule has 1 fully saturated rings. The molecule has 0 aromatic heterocycles. The lowest BCUT2D eigenvalue weighted by Crippen LogP contribution is -2.50. The zero-order valence-electron chi connectivity index (χ0n) is 10.9. The zero-order valence-corrected chi connectivity index (χ0v) is 10.9. The highest BCUT2D eigenvalue weighted by Crippen LogP contribution is 2.25. The fourth-order valence-corrected chi connectivity index (χ4v) is 2.26. The Labute approximate surface area is 112 Å². The standard InChI is InChI=1S/C14H17N3O2/c1-16-7-6-12-9-19-10-14(18)17(12)13-5-3-2-4-11(13)8-15/h2-5,12,16H,6-7,9-10H2,1H3. The van der Waals surface area contributed by atoms with Gasteiger partial charge in [0.1, 0.15) is 12.7 Å². The maximum Gasteiger partial charge on any atom is 0.253 e. The summed E-state index contributed by atoms with van der Waals surface area (Å²) in [5.41, 5.74) is 1.20. The number of hydrogen-bond donors (Lipinski definition) is 1. The van der Waals surface area contributed by atoms with Crippen molar-refractivity contribution in [1.29, 1.82) is 5.26 Å². The van der Waals surface area contributed by atoms with Crippen molar-refractivity contribution in [3.05, 3.63) is 29.8 Å². The Bertz CT molecular complexity index is 496. The summed E-state index contributed by atoms with van der Waals surface area (Å²) in [4.78, 5) is 13.8. The summed E-state index contributed by atoms with van der Waals surface area (Å²) >= 11 is 0. The third-order valence-electron chi connectivity index (χ3n) is 3.18. The van der Waals surface area contributed by atoms with Gasteiger partial charge in [-0.05, 0) is 32.1 Å². The third kappa shape index (κ3) is 2.92. The van der Waals surface area contributed by atoms with Crippen molar-refractivity contribution >= 4 is 11.6 Å². The van der Waals surface area contributed by atoms with Crippen molar-refractivity contribution in [3.8, 4) is 6.07 Å². The van der Waals surface area contributed by atoms with Crippen LogP contribution in [0, 0.1) is 11.3 Å². The summed E-state index contributed by atoms with van der Waals surface area (Å²) in [5, 5.41) is 12.2. The predicted octanol–water partition coefficient (Wildman–Crippen LogP) is 0.900. The second-order valence-electron chi connectivity index (χ2n) is 4.45. The first-order chi connectivity index (χ1) is 9.27. The van der Waals surface area contributed by atoms with Gasteiger partial charge in [0, 0.05) is 0 Å². The molecule has 1 aliphatic heterocycles. The van der Waals surface area contributed by atoms with E-state index in [2.05, 4.69) is 11.4 Å². The van der Waals surface area contributed by atoms with Crippen molar-refractivity contribution < 1.29 is 9.53 Å². The fraction of sp³-hybridized carbons (Fsp3) is 0.429. The summed E-state index contributed by atoms with van der Waals surface area (Å²) < 4.78 is 5.31. The number of rotatable bonds is 4. The molecule has 1 aromatic rings. The van der Waals surface area contributed by atoms with E-state index in [0.717, 1.165) is 13.0 Å². The molecule has 0 spiro atoms. The molecule has 5 heteroatoms. The van der Waals surface area contributed by atoms with E-state index in [9.17, 15) is 4.79 Å². The molecule has 1 aliphatic rings. The SMILES string of the molecule is CNCCC1COCC(=O)N1c1ccccc1C#N. The fourth-order valence-electron chi connectivity index (χ4n) is 2.26. The molecule has 100 valence electrons. The molecule has 0 aliphatic carbocycles. The molecule has 1 atom stereocenters. The molecular formula is C14H17N3O2. The predicted molar refractivity (Wildman–Crippen MR) is 71.8 cm³/mol. The Hall–Kier alpha value is -1.90. The summed E-state index contributed by atoms with van der Waals surface area (Å²) in [6.45, 7) is 1.38. The smallest absolute Gasteiger partial charge is 0.253 e. The van der Waals surface area contributed by atoms with Gasteiger partial charge >= 0.3 is 0 Å². The maximum atomic E-state index is 12.1.